The molecule has 0 aliphatic heterocycles. The highest BCUT2D eigenvalue weighted by atomic mass is 79.9. The second-order valence-electron chi connectivity index (χ2n) is 5.97. The van der Waals surface area contributed by atoms with Gasteiger partial charge >= 0.3 is 5.97 Å². The Hall–Kier alpha value is -1.38. The van der Waals surface area contributed by atoms with E-state index in [9.17, 15) is 13.2 Å². The Morgan fingerprint density at radius 3 is 2.43 bits per heavy atom. The normalized spacial score (nSPS) is 12.2. The molecule has 1 aromatic heterocycles. The number of anilines is 1. The lowest BCUT2D eigenvalue weighted by molar-refractivity contribution is 0.0703. The average molecular weight is 418 g/mol. The molecule has 1 aromatic carbocycles. The fourth-order valence-electron chi connectivity index (χ4n) is 1.94. The molecule has 0 saturated heterocycles. The maximum atomic E-state index is 12.5. The van der Waals surface area contributed by atoms with Crippen molar-refractivity contribution in [3.8, 4) is 0 Å². The lowest BCUT2D eigenvalue weighted by atomic mass is 9.87. The molecule has 2 rings (SSSR count). The van der Waals surface area contributed by atoms with E-state index in [1.807, 2.05) is 20.8 Å². The lowest BCUT2D eigenvalue weighted by Gasteiger charge is -2.20. The Kier molecular flexibility index (Phi) is 4.89. The van der Waals surface area contributed by atoms with Crippen molar-refractivity contribution in [2.45, 2.75) is 31.1 Å². The summed E-state index contributed by atoms with van der Waals surface area (Å²) < 4.78 is 27.8. The van der Waals surface area contributed by atoms with Crippen molar-refractivity contribution in [3.05, 3.63) is 44.6 Å². The minimum atomic E-state index is -3.89. The number of benzene rings is 1. The van der Waals surface area contributed by atoms with Crippen LogP contribution >= 0.6 is 27.3 Å². The van der Waals surface area contributed by atoms with Crippen LogP contribution in [0.1, 0.15) is 36.0 Å². The minimum Gasteiger partial charge on any atom is -0.477 e. The summed E-state index contributed by atoms with van der Waals surface area (Å²) >= 11 is 4.26. The van der Waals surface area contributed by atoms with E-state index in [4.69, 9.17) is 5.11 Å². The molecule has 5 nitrogen and oxygen atoms in total. The van der Waals surface area contributed by atoms with E-state index in [0.29, 0.717) is 4.47 Å². The average Bonchev–Trinajstić information content (AvgIpc) is 2.84. The molecular formula is C15H16BrNO4S2. The third-order valence-electron chi connectivity index (χ3n) is 3.19. The molecule has 0 aliphatic carbocycles. The molecule has 2 N–H and O–H groups in total. The first-order chi connectivity index (χ1) is 10.5. The van der Waals surface area contributed by atoms with E-state index >= 15 is 0 Å². The molecule has 0 atom stereocenters. The molecule has 2 aromatic rings. The lowest BCUT2D eigenvalue weighted by Crippen LogP contribution is -2.16. The summed E-state index contributed by atoms with van der Waals surface area (Å²) in [6.45, 7) is 6.10. The van der Waals surface area contributed by atoms with Crippen LogP contribution < -0.4 is 4.72 Å². The van der Waals surface area contributed by atoms with Gasteiger partial charge in [0, 0.05) is 4.47 Å². The van der Waals surface area contributed by atoms with E-state index in [-0.39, 0.29) is 20.9 Å². The summed E-state index contributed by atoms with van der Waals surface area (Å²) in [7, 11) is -3.89. The molecule has 0 saturated carbocycles. The summed E-state index contributed by atoms with van der Waals surface area (Å²) in [5.74, 6) is -1.17. The maximum absolute atomic E-state index is 12.5. The van der Waals surface area contributed by atoms with Crippen molar-refractivity contribution in [1.29, 1.82) is 0 Å². The van der Waals surface area contributed by atoms with Crippen LogP contribution in [0.25, 0.3) is 0 Å². The number of carbonyl (C=O) groups is 1. The number of rotatable bonds is 4. The van der Waals surface area contributed by atoms with Gasteiger partial charge in [0.1, 0.15) is 9.77 Å². The predicted octanol–water partition coefficient (Wildman–Crippen LogP) is 4.31. The fourth-order valence-corrected chi connectivity index (χ4v) is 4.84. The summed E-state index contributed by atoms with van der Waals surface area (Å²) in [6, 6.07) is 6.47. The Labute approximate surface area is 147 Å². The predicted molar refractivity (Wildman–Crippen MR) is 94.9 cm³/mol. The van der Waals surface area contributed by atoms with Crippen LogP contribution in [-0.2, 0) is 15.4 Å². The zero-order valence-corrected chi connectivity index (χ0v) is 16.0. The van der Waals surface area contributed by atoms with Gasteiger partial charge in [-0.15, -0.1) is 11.3 Å². The Bertz CT molecular complexity index is 851. The zero-order valence-electron chi connectivity index (χ0n) is 12.8. The third-order valence-corrected chi connectivity index (χ3v) is 6.44. The van der Waals surface area contributed by atoms with Gasteiger partial charge in [0.05, 0.1) is 5.69 Å². The number of carboxylic acid groups (broad SMARTS) is 1. The van der Waals surface area contributed by atoms with Gasteiger partial charge < -0.3 is 5.11 Å². The van der Waals surface area contributed by atoms with Crippen LogP contribution in [0.4, 0.5) is 5.69 Å². The van der Waals surface area contributed by atoms with E-state index in [0.717, 1.165) is 16.9 Å². The number of nitrogens with one attached hydrogen (secondary N) is 1. The van der Waals surface area contributed by atoms with Gasteiger partial charge in [-0.05, 0) is 50.5 Å². The summed E-state index contributed by atoms with van der Waals surface area (Å²) in [4.78, 5) is 11.1. The summed E-state index contributed by atoms with van der Waals surface area (Å²) in [5.41, 5.74) is 0.946. The Morgan fingerprint density at radius 2 is 1.91 bits per heavy atom. The van der Waals surface area contributed by atoms with Crippen molar-refractivity contribution < 1.29 is 18.3 Å². The highest BCUT2D eigenvalue weighted by Gasteiger charge is 2.23. The van der Waals surface area contributed by atoms with Gasteiger partial charge in [-0.1, -0.05) is 26.8 Å². The quantitative estimate of drug-likeness (QED) is 0.775. The zero-order chi connectivity index (χ0) is 17.4. The van der Waals surface area contributed by atoms with Crippen LogP contribution in [-0.4, -0.2) is 19.5 Å². The van der Waals surface area contributed by atoms with Crippen molar-refractivity contribution in [2.24, 2.45) is 0 Å². The molecular weight excluding hydrogens is 402 g/mol. The van der Waals surface area contributed by atoms with Crippen molar-refractivity contribution in [2.75, 3.05) is 4.72 Å². The highest BCUT2D eigenvalue weighted by molar-refractivity contribution is 9.10. The Morgan fingerprint density at radius 1 is 1.26 bits per heavy atom. The smallest absolute Gasteiger partial charge is 0.348 e. The molecule has 0 bridgehead atoms. The fraction of sp³-hybridized carbons (Fsp3) is 0.267. The molecule has 0 radical (unpaired) electrons. The number of hydrogen-bond donors (Lipinski definition) is 2. The van der Waals surface area contributed by atoms with E-state index in [1.165, 1.54) is 17.5 Å². The van der Waals surface area contributed by atoms with Crippen LogP contribution in [0, 0.1) is 0 Å². The second-order valence-corrected chi connectivity index (χ2v) is 9.39. The number of sulfonamides is 1. The van der Waals surface area contributed by atoms with E-state index < -0.39 is 16.0 Å². The number of halogens is 1. The van der Waals surface area contributed by atoms with Crippen LogP contribution in [0.3, 0.4) is 0 Å². The van der Waals surface area contributed by atoms with Gasteiger partial charge in [-0.2, -0.15) is 0 Å². The monoisotopic (exact) mass is 417 g/mol. The number of thiophene rings is 1. The molecule has 0 amide bonds. The van der Waals surface area contributed by atoms with E-state index in [2.05, 4.69) is 20.7 Å². The summed E-state index contributed by atoms with van der Waals surface area (Å²) in [6.07, 6.45) is 0. The molecule has 8 heteroatoms. The van der Waals surface area contributed by atoms with Crippen molar-refractivity contribution in [1.82, 2.24) is 0 Å². The summed E-state index contributed by atoms with van der Waals surface area (Å²) in [5, 5.41) is 10.6. The molecule has 1 heterocycles. The first-order valence-corrected chi connectivity index (χ1v) is 9.81. The van der Waals surface area contributed by atoms with Crippen LogP contribution in [0.15, 0.2) is 39.0 Å². The molecule has 124 valence electrons. The third kappa shape index (κ3) is 3.94. The van der Waals surface area contributed by atoms with Crippen LogP contribution in [0.2, 0.25) is 0 Å². The molecule has 23 heavy (non-hydrogen) atoms. The van der Waals surface area contributed by atoms with Gasteiger partial charge in [-0.25, -0.2) is 13.2 Å². The molecule has 0 spiro atoms. The second kappa shape index (κ2) is 6.26. The highest BCUT2D eigenvalue weighted by Crippen LogP contribution is 2.31. The molecule has 0 aliphatic rings. The van der Waals surface area contributed by atoms with Gasteiger partial charge in [0.15, 0.2) is 0 Å². The van der Waals surface area contributed by atoms with Crippen LogP contribution in [0.5, 0.6) is 0 Å². The first kappa shape index (κ1) is 18.0. The topological polar surface area (TPSA) is 83.5 Å². The van der Waals surface area contributed by atoms with Gasteiger partial charge in [-0.3, -0.25) is 4.72 Å². The largest absolute Gasteiger partial charge is 0.477 e. The van der Waals surface area contributed by atoms with Crippen molar-refractivity contribution in [3.63, 3.8) is 0 Å². The number of aromatic carboxylic acids is 1. The number of carboxylic acids is 1. The van der Waals surface area contributed by atoms with Gasteiger partial charge in [0.25, 0.3) is 10.0 Å². The van der Waals surface area contributed by atoms with Gasteiger partial charge in [0.2, 0.25) is 0 Å². The SMILES string of the molecule is CC(C)(C)c1ccc(S(=O)(=O)Nc2ccsc2C(=O)O)c(Br)c1. The maximum Gasteiger partial charge on any atom is 0.348 e. The number of hydrogen-bond acceptors (Lipinski definition) is 4. The molecule has 0 unspecified atom stereocenters. The van der Waals surface area contributed by atoms with Crippen molar-refractivity contribution >= 4 is 48.9 Å². The molecule has 0 fully saturated rings. The van der Waals surface area contributed by atoms with E-state index in [1.54, 1.807) is 12.1 Å². The standard InChI is InChI=1S/C15H16BrNO4S2/c1-15(2,3)9-4-5-12(10(16)8-9)23(20,21)17-11-6-7-22-13(11)14(18)19/h4-8,17H,1-3H3,(H,18,19). The minimum absolute atomic E-state index is 0.0454. The first-order valence-electron chi connectivity index (χ1n) is 6.66. The Balaban J connectivity index is 2.41.